The minimum absolute atomic E-state index is 0.0625. The largest absolute Gasteiger partial charge is 0.350 e. The van der Waals surface area contributed by atoms with Crippen LogP contribution in [0.4, 0.5) is 5.69 Å². The molecule has 24 heavy (non-hydrogen) atoms. The molecule has 0 N–H and O–H groups in total. The lowest BCUT2D eigenvalue weighted by molar-refractivity contribution is 0.0953. The highest BCUT2D eigenvalue weighted by Crippen LogP contribution is 2.21. The third-order valence-electron chi connectivity index (χ3n) is 3.80. The highest BCUT2D eigenvalue weighted by molar-refractivity contribution is 7.12. The molecule has 0 fully saturated rings. The van der Waals surface area contributed by atoms with Crippen LogP contribution in [-0.4, -0.2) is 27.9 Å². The van der Waals surface area contributed by atoms with Crippen molar-refractivity contribution in [1.29, 1.82) is 0 Å². The number of carbonyl (C=O) groups is 1. The van der Waals surface area contributed by atoms with E-state index in [-0.39, 0.29) is 5.78 Å². The van der Waals surface area contributed by atoms with Gasteiger partial charge in [-0.1, -0.05) is 24.1 Å². The molecule has 5 heteroatoms. The van der Waals surface area contributed by atoms with Crippen molar-refractivity contribution in [3.8, 4) is 17.3 Å². The van der Waals surface area contributed by atoms with Crippen molar-refractivity contribution in [2.75, 3.05) is 11.4 Å². The van der Waals surface area contributed by atoms with Gasteiger partial charge in [0.25, 0.3) is 0 Å². The number of thiophene rings is 1. The number of nitrogens with zero attached hydrogens (tertiary/aromatic N) is 3. The maximum absolute atomic E-state index is 13.0. The van der Waals surface area contributed by atoms with Gasteiger partial charge in [0.15, 0.2) is 5.82 Å². The zero-order valence-electron chi connectivity index (χ0n) is 13.3. The van der Waals surface area contributed by atoms with Gasteiger partial charge >= 0.3 is 0 Å². The molecule has 0 spiro atoms. The highest BCUT2D eigenvalue weighted by atomic mass is 32.1. The Morgan fingerprint density at radius 1 is 1.33 bits per heavy atom. The number of Topliss-reactive ketones (excluding diaryl/α,β-unsaturated/α-hetero) is 1. The smallest absolute Gasteiger partial charge is 0.220 e. The molecule has 0 unspecified atom stereocenters. The van der Waals surface area contributed by atoms with Crippen molar-refractivity contribution in [1.82, 2.24) is 9.55 Å². The summed E-state index contributed by atoms with van der Waals surface area (Å²) in [5.74, 6) is 2.99. The third kappa shape index (κ3) is 3.10. The van der Waals surface area contributed by atoms with Gasteiger partial charge in [0.1, 0.15) is 5.00 Å². The van der Waals surface area contributed by atoms with E-state index in [0.717, 1.165) is 10.7 Å². The van der Waals surface area contributed by atoms with Gasteiger partial charge in [0, 0.05) is 18.1 Å². The van der Waals surface area contributed by atoms with E-state index in [1.54, 1.807) is 23.7 Å². The Hall–Kier alpha value is -2.84. The Morgan fingerprint density at radius 3 is 2.79 bits per heavy atom. The van der Waals surface area contributed by atoms with E-state index in [1.165, 1.54) is 0 Å². The van der Waals surface area contributed by atoms with Gasteiger partial charge in [-0.25, -0.2) is 4.98 Å². The van der Waals surface area contributed by atoms with E-state index >= 15 is 0 Å². The van der Waals surface area contributed by atoms with E-state index in [1.807, 2.05) is 64.2 Å². The second-order valence-corrected chi connectivity index (χ2v) is 6.21. The minimum atomic E-state index is -0.412. The van der Waals surface area contributed by atoms with Crippen LogP contribution < -0.4 is 4.90 Å². The lowest BCUT2D eigenvalue weighted by atomic mass is 10.1. The molecule has 3 rings (SSSR count). The van der Waals surface area contributed by atoms with Crippen molar-refractivity contribution in [2.24, 2.45) is 0 Å². The lowest BCUT2D eigenvalue weighted by Crippen LogP contribution is -2.40. The number of benzene rings is 1. The van der Waals surface area contributed by atoms with Gasteiger partial charge in [-0.05, 0) is 36.6 Å². The summed E-state index contributed by atoms with van der Waals surface area (Å²) in [6.07, 6.45) is 8.96. The Morgan fingerprint density at radius 2 is 2.12 bits per heavy atom. The van der Waals surface area contributed by atoms with Crippen LogP contribution in [0.25, 0.3) is 5.00 Å². The van der Waals surface area contributed by atoms with Crippen LogP contribution in [0.5, 0.6) is 0 Å². The Balaban J connectivity index is 1.92. The van der Waals surface area contributed by atoms with Crippen LogP contribution in [0.15, 0.2) is 60.2 Å². The average Bonchev–Trinajstić information content (AvgIpc) is 3.29. The molecule has 2 heterocycles. The fourth-order valence-electron chi connectivity index (χ4n) is 2.57. The summed E-state index contributed by atoms with van der Waals surface area (Å²) in [7, 11) is 0. The van der Waals surface area contributed by atoms with Gasteiger partial charge in [-0.15, -0.1) is 17.8 Å². The van der Waals surface area contributed by atoms with Crippen LogP contribution >= 0.6 is 11.3 Å². The molecule has 0 amide bonds. The molecular weight excluding hydrogens is 318 g/mol. The van der Waals surface area contributed by atoms with Crippen molar-refractivity contribution < 1.29 is 4.79 Å². The van der Waals surface area contributed by atoms with Crippen LogP contribution in [-0.2, 0) is 0 Å². The van der Waals surface area contributed by atoms with Crippen molar-refractivity contribution in [2.45, 2.75) is 13.0 Å². The molecule has 0 radical (unpaired) electrons. The Kier molecular flexibility index (Phi) is 4.78. The van der Waals surface area contributed by atoms with Crippen LogP contribution in [0.2, 0.25) is 0 Å². The van der Waals surface area contributed by atoms with Gasteiger partial charge in [-0.3, -0.25) is 9.36 Å². The number of carbonyl (C=O) groups excluding carboxylic acids is 1. The number of imidazole rings is 1. The average molecular weight is 335 g/mol. The number of aromatic nitrogens is 2. The van der Waals surface area contributed by atoms with Crippen molar-refractivity contribution in [3.05, 3.63) is 66.1 Å². The molecule has 1 atom stereocenters. The number of anilines is 1. The summed E-state index contributed by atoms with van der Waals surface area (Å²) in [6, 6.07) is 13.2. The number of ketones is 1. The summed E-state index contributed by atoms with van der Waals surface area (Å²) in [5.41, 5.74) is 0.922. The standard InChI is InChI=1S/C19H17N3OS/c1-3-12-21(16-8-5-4-6-9-16)15(2)18(23)19-20-11-13-22(19)17-10-7-14-24-17/h1,4-11,13-15H,12H2,2H3/t15-/m0/s1. The van der Waals surface area contributed by atoms with Gasteiger partial charge in [0.2, 0.25) is 5.78 Å². The molecule has 120 valence electrons. The molecule has 0 bridgehead atoms. The monoisotopic (exact) mass is 335 g/mol. The maximum atomic E-state index is 13.0. The first-order valence-corrected chi connectivity index (χ1v) is 8.47. The first-order chi connectivity index (χ1) is 11.7. The van der Waals surface area contributed by atoms with Crippen LogP contribution in [0.3, 0.4) is 0 Å². The fourth-order valence-corrected chi connectivity index (χ4v) is 3.28. The molecule has 0 saturated heterocycles. The maximum Gasteiger partial charge on any atom is 0.220 e. The van der Waals surface area contributed by atoms with Crippen LogP contribution in [0.1, 0.15) is 17.5 Å². The topological polar surface area (TPSA) is 38.1 Å². The number of hydrogen-bond acceptors (Lipinski definition) is 4. The SMILES string of the molecule is C#CCN(c1ccccc1)[C@@H](C)C(=O)c1nccn1-c1cccs1. The second kappa shape index (κ2) is 7.16. The first-order valence-electron chi connectivity index (χ1n) is 7.59. The minimum Gasteiger partial charge on any atom is -0.350 e. The highest BCUT2D eigenvalue weighted by Gasteiger charge is 2.26. The summed E-state index contributed by atoms with van der Waals surface area (Å²) in [6.45, 7) is 2.22. The predicted molar refractivity (Wildman–Crippen MR) is 97.9 cm³/mol. The van der Waals surface area contributed by atoms with Gasteiger partial charge in [0.05, 0.1) is 12.6 Å². The third-order valence-corrected chi connectivity index (χ3v) is 4.67. The molecule has 2 aromatic heterocycles. The van der Waals surface area contributed by atoms with E-state index in [2.05, 4.69) is 10.9 Å². The van der Waals surface area contributed by atoms with E-state index in [4.69, 9.17) is 6.42 Å². The number of rotatable bonds is 6. The van der Waals surface area contributed by atoms with Crippen LogP contribution in [0, 0.1) is 12.3 Å². The van der Waals surface area contributed by atoms with Gasteiger partial charge in [-0.2, -0.15) is 0 Å². The van der Waals surface area contributed by atoms with Gasteiger partial charge < -0.3 is 4.90 Å². The quantitative estimate of drug-likeness (QED) is 0.510. The number of para-hydroxylation sites is 1. The first kappa shape index (κ1) is 16.0. The van der Waals surface area contributed by atoms with E-state index in [9.17, 15) is 4.79 Å². The molecule has 0 aliphatic heterocycles. The summed E-state index contributed by atoms with van der Waals surface area (Å²) < 4.78 is 1.82. The van der Waals surface area contributed by atoms with Crippen molar-refractivity contribution >= 4 is 22.8 Å². The molecule has 4 nitrogen and oxygen atoms in total. The molecule has 0 saturated carbocycles. The zero-order chi connectivity index (χ0) is 16.9. The molecule has 0 aliphatic carbocycles. The molecule has 1 aromatic carbocycles. The normalized spacial score (nSPS) is 11.7. The van der Waals surface area contributed by atoms with E-state index < -0.39 is 6.04 Å². The molecule has 3 aromatic rings. The lowest BCUT2D eigenvalue weighted by Gasteiger charge is -2.28. The Labute approximate surface area is 145 Å². The predicted octanol–water partition coefficient (Wildman–Crippen LogP) is 3.64. The molecular formula is C19H17N3OS. The molecule has 0 aliphatic rings. The zero-order valence-corrected chi connectivity index (χ0v) is 14.1. The second-order valence-electron chi connectivity index (χ2n) is 5.28. The summed E-state index contributed by atoms with van der Waals surface area (Å²) >= 11 is 1.56. The number of hydrogen-bond donors (Lipinski definition) is 0. The Bertz CT molecular complexity index is 846. The van der Waals surface area contributed by atoms with Crippen molar-refractivity contribution in [3.63, 3.8) is 0 Å². The van der Waals surface area contributed by atoms with E-state index in [0.29, 0.717) is 12.4 Å². The fraction of sp³-hybridized carbons (Fsp3) is 0.158. The number of terminal acetylenes is 1. The summed E-state index contributed by atoms with van der Waals surface area (Å²) in [4.78, 5) is 19.2. The summed E-state index contributed by atoms with van der Waals surface area (Å²) in [5, 5.41) is 2.94.